The van der Waals surface area contributed by atoms with E-state index in [1.54, 1.807) is 12.1 Å². The highest BCUT2D eigenvalue weighted by Crippen LogP contribution is 2.31. The molecule has 1 aromatic rings. The van der Waals surface area contributed by atoms with Gasteiger partial charge in [-0.2, -0.15) is 0 Å². The average molecular weight is 266 g/mol. The first-order valence-electron chi connectivity index (χ1n) is 5.13. The van der Waals surface area contributed by atoms with Crippen LogP contribution in [0.5, 0.6) is 0 Å². The number of nitrogens with one attached hydrogen (secondary N) is 2. The molecule has 1 aromatic carbocycles. The van der Waals surface area contributed by atoms with Crippen molar-refractivity contribution < 1.29 is 19.5 Å². The first kappa shape index (κ1) is 12.4. The Kier molecular flexibility index (Phi) is 3.52. The quantitative estimate of drug-likeness (QED) is 0.742. The second kappa shape index (κ2) is 5.09. The molecule has 0 spiro atoms. The molecule has 0 saturated heterocycles. The number of carboxylic acids is 1. The van der Waals surface area contributed by atoms with Crippen molar-refractivity contribution in [2.24, 2.45) is 0 Å². The molecule has 7 heteroatoms. The largest absolute Gasteiger partial charge is 0.480 e. The fraction of sp³-hybridized carbons (Fsp3) is 0.182. The third-order valence-electron chi connectivity index (χ3n) is 2.27. The number of thioether (sulfide) groups is 1. The fourth-order valence-electron chi connectivity index (χ4n) is 1.48. The molecule has 6 nitrogen and oxygen atoms in total. The molecule has 3 N–H and O–H groups in total. The van der Waals surface area contributed by atoms with Gasteiger partial charge >= 0.3 is 5.97 Å². The number of fused-ring (bicyclic) bond motifs is 1. The van der Waals surface area contributed by atoms with Gasteiger partial charge in [-0.25, -0.2) is 0 Å². The molecule has 2 amide bonds. The zero-order valence-corrected chi connectivity index (χ0v) is 10.0. The lowest BCUT2D eigenvalue weighted by molar-refractivity contribution is -0.135. The number of hydrogen-bond acceptors (Lipinski definition) is 4. The van der Waals surface area contributed by atoms with E-state index in [0.29, 0.717) is 17.0 Å². The van der Waals surface area contributed by atoms with E-state index in [1.165, 1.54) is 17.8 Å². The lowest BCUT2D eigenvalue weighted by Crippen LogP contribution is -2.29. The first-order chi connectivity index (χ1) is 8.56. The molecule has 2 rings (SSSR count). The molecule has 0 atom stereocenters. The van der Waals surface area contributed by atoms with Crippen LogP contribution in [0.4, 0.5) is 5.69 Å². The van der Waals surface area contributed by atoms with Gasteiger partial charge in [-0.15, -0.1) is 11.8 Å². The zero-order valence-electron chi connectivity index (χ0n) is 9.23. The maximum atomic E-state index is 11.6. The summed E-state index contributed by atoms with van der Waals surface area (Å²) < 4.78 is 0. The van der Waals surface area contributed by atoms with Crippen molar-refractivity contribution in [1.82, 2.24) is 5.32 Å². The van der Waals surface area contributed by atoms with Crippen LogP contribution in [0.3, 0.4) is 0 Å². The maximum absolute atomic E-state index is 11.6. The van der Waals surface area contributed by atoms with Crippen molar-refractivity contribution in [3.8, 4) is 0 Å². The van der Waals surface area contributed by atoms with Crippen LogP contribution in [-0.2, 0) is 9.59 Å². The SMILES string of the molecule is O=C(O)CNC(=O)c1ccc2c(c1)NC(=O)CS2. The van der Waals surface area contributed by atoms with Crippen LogP contribution in [0.1, 0.15) is 10.4 Å². The van der Waals surface area contributed by atoms with Gasteiger partial charge in [0.05, 0.1) is 11.4 Å². The summed E-state index contributed by atoms with van der Waals surface area (Å²) in [6.45, 7) is -0.434. The Bertz CT molecular complexity index is 530. The van der Waals surface area contributed by atoms with Crippen molar-refractivity contribution in [2.75, 3.05) is 17.6 Å². The Morgan fingerprint density at radius 1 is 1.44 bits per heavy atom. The van der Waals surface area contributed by atoms with Crippen molar-refractivity contribution in [3.05, 3.63) is 23.8 Å². The minimum Gasteiger partial charge on any atom is -0.480 e. The van der Waals surface area contributed by atoms with Gasteiger partial charge in [0.2, 0.25) is 5.91 Å². The maximum Gasteiger partial charge on any atom is 0.322 e. The van der Waals surface area contributed by atoms with Gasteiger partial charge in [-0.05, 0) is 18.2 Å². The van der Waals surface area contributed by atoms with E-state index in [2.05, 4.69) is 10.6 Å². The van der Waals surface area contributed by atoms with Crippen molar-refractivity contribution in [1.29, 1.82) is 0 Å². The number of carbonyl (C=O) groups excluding carboxylic acids is 2. The van der Waals surface area contributed by atoms with Crippen LogP contribution < -0.4 is 10.6 Å². The summed E-state index contributed by atoms with van der Waals surface area (Å²) in [4.78, 5) is 34.1. The van der Waals surface area contributed by atoms with Crippen LogP contribution in [-0.4, -0.2) is 35.2 Å². The summed E-state index contributed by atoms with van der Waals surface area (Å²) in [7, 11) is 0. The van der Waals surface area contributed by atoms with Crippen LogP contribution in [0.2, 0.25) is 0 Å². The summed E-state index contributed by atoms with van der Waals surface area (Å²) in [5.41, 5.74) is 0.900. The lowest BCUT2D eigenvalue weighted by atomic mass is 10.2. The number of carboxylic acid groups (broad SMARTS) is 1. The average Bonchev–Trinajstić information content (AvgIpc) is 2.34. The van der Waals surface area contributed by atoms with Gasteiger partial charge in [-0.3, -0.25) is 14.4 Å². The third kappa shape index (κ3) is 2.80. The van der Waals surface area contributed by atoms with E-state index in [1.807, 2.05) is 0 Å². The predicted octanol–water partition coefficient (Wildman–Crippen LogP) is 0.545. The van der Waals surface area contributed by atoms with E-state index in [9.17, 15) is 14.4 Å². The molecule has 0 unspecified atom stereocenters. The van der Waals surface area contributed by atoms with Crippen molar-refractivity contribution >= 4 is 35.2 Å². The van der Waals surface area contributed by atoms with Gasteiger partial charge < -0.3 is 15.7 Å². The number of aliphatic carboxylic acids is 1. The first-order valence-corrected chi connectivity index (χ1v) is 6.11. The minimum absolute atomic E-state index is 0.115. The summed E-state index contributed by atoms with van der Waals surface area (Å²) in [6, 6.07) is 4.87. The Balaban J connectivity index is 2.15. The number of benzene rings is 1. The third-order valence-corrected chi connectivity index (χ3v) is 3.35. The van der Waals surface area contributed by atoms with E-state index in [0.717, 1.165) is 4.90 Å². The van der Waals surface area contributed by atoms with E-state index in [-0.39, 0.29) is 5.91 Å². The molecule has 0 radical (unpaired) electrons. The topological polar surface area (TPSA) is 95.5 Å². The summed E-state index contributed by atoms with van der Waals surface area (Å²) in [5, 5.41) is 13.4. The Hall–Kier alpha value is -2.02. The van der Waals surface area contributed by atoms with Crippen LogP contribution in [0.15, 0.2) is 23.1 Å². The van der Waals surface area contributed by atoms with E-state index in [4.69, 9.17) is 5.11 Å². The molecule has 94 valence electrons. The fourth-order valence-corrected chi connectivity index (χ4v) is 2.27. The Morgan fingerprint density at radius 2 is 2.22 bits per heavy atom. The number of rotatable bonds is 3. The number of amides is 2. The Morgan fingerprint density at radius 3 is 2.94 bits per heavy atom. The zero-order chi connectivity index (χ0) is 13.1. The smallest absolute Gasteiger partial charge is 0.322 e. The summed E-state index contributed by atoms with van der Waals surface area (Å²) in [5.74, 6) is -1.34. The molecule has 1 aliphatic rings. The molecule has 0 bridgehead atoms. The highest BCUT2D eigenvalue weighted by molar-refractivity contribution is 8.00. The minimum atomic E-state index is -1.11. The van der Waals surface area contributed by atoms with Crippen LogP contribution >= 0.6 is 11.8 Å². The Labute approximate surface area is 107 Å². The molecule has 1 aliphatic heterocycles. The molecule has 1 heterocycles. The molecule has 0 aromatic heterocycles. The summed E-state index contributed by atoms with van der Waals surface area (Å²) >= 11 is 1.40. The lowest BCUT2D eigenvalue weighted by Gasteiger charge is -2.16. The van der Waals surface area contributed by atoms with Gasteiger partial charge in [0.15, 0.2) is 0 Å². The summed E-state index contributed by atoms with van der Waals surface area (Å²) in [6.07, 6.45) is 0. The molecule has 0 saturated carbocycles. The van der Waals surface area contributed by atoms with Crippen molar-refractivity contribution in [2.45, 2.75) is 4.90 Å². The highest BCUT2D eigenvalue weighted by atomic mass is 32.2. The predicted molar refractivity (Wildman–Crippen MR) is 65.8 cm³/mol. The van der Waals surface area contributed by atoms with Gasteiger partial charge in [0, 0.05) is 10.5 Å². The number of carbonyl (C=O) groups is 3. The van der Waals surface area contributed by atoms with Crippen molar-refractivity contribution in [3.63, 3.8) is 0 Å². The number of hydrogen-bond donors (Lipinski definition) is 3. The van der Waals surface area contributed by atoms with Gasteiger partial charge in [0.25, 0.3) is 5.91 Å². The second-order valence-corrected chi connectivity index (χ2v) is 4.64. The van der Waals surface area contributed by atoms with E-state index < -0.39 is 18.4 Å². The molecular formula is C11H10N2O4S. The van der Waals surface area contributed by atoms with Crippen LogP contribution in [0.25, 0.3) is 0 Å². The monoisotopic (exact) mass is 266 g/mol. The second-order valence-electron chi connectivity index (χ2n) is 3.62. The molecule has 0 aliphatic carbocycles. The van der Waals surface area contributed by atoms with E-state index >= 15 is 0 Å². The standard InChI is InChI=1S/C11H10N2O4S/c14-9-5-18-8-2-1-6(3-7(8)13-9)11(17)12-4-10(15)16/h1-3H,4-5H2,(H,12,17)(H,13,14)(H,15,16). The number of anilines is 1. The van der Waals surface area contributed by atoms with Gasteiger partial charge in [-0.1, -0.05) is 0 Å². The highest BCUT2D eigenvalue weighted by Gasteiger charge is 2.17. The van der Waals surface area contributed by atoms with Gasteiger partial charge in [0.1, 0.15) is 6.54 Å². The van der Waals surface area contributed by atoms with Crippen LogP contribution in [0, 0.1) is 0 Å². The molecular weight excluding hydrogens is 256 g/mol. The molecule has 0 fully saturated rings. The molecule has 18 heavy (non-hydrogen) atoms. The normalized spacial score (nSPS) is 13.4.